The van der Waals surface area contributed by atoms with Gasteiger partial charge in [0.1, 0.15) is 5.82 Å². The van der Waals surface area contributed by atoms with E-state index in [0.717, 1.165) is 57.6 Å². The van der Waals surface area contributed by atoms with Crippen LogP contribution in [0.3, 0.4) is 0 Å². The number of nitrogens with one attached hydrogen (secondary N) is 1. The molecule has 126 valence electrons. The quantitative estimate of drug-likeness (QED) is 0.827. The van der Waals surface area contributed by atoms with Crippen LogP contribution in [0.25, 0.3) is 0 Å². The van der Waals surface area contributed by atoms with Crippen LogP contribution >= 0.6 is 24.8 Å². The standard InChI is InChI=1S/C15H19F3N2.2ClH/c16-11-3-4-12(17)15(18)14(11)13(9-10-1-2-10)20-7-5-19-6-8-20;;/h3-4,10,13,19H,1-2,5-9H2;2*1H/t13-;;/m0../s1. The molecule has 7 heteroatoms. The van der Waals surface area contributed by atoms with E-state index in [0.29, 0.717) is 5.92 Å². The fourth-order valence-corrected chi connectivity index (χ4v) is 2.96. The van der Waals surface area contributed by atoms with E-state index in [1.165, 1.54) is 0 Å². The summed E-state index contributed by atoms with van der Waals surface area (Å²) in [6.45, 7) is 3.10. The zero-order chi connectivity index (χ0) is 14.1. The van der Waals surface area contributed by atoms with E-state index in [9.17, 15) is 13.2 Å². The van der Waals surface area contributed by atoms with Gasteiger partial charge in [0, 0.05) is 37.8 Å². The minimum Gasteiger partial charge on any atom is -0.314 e. The second kappa shape index (κ2) is 8.39. The lowest BCUT2D eigenvalue weighted by Crippen LogP contribution is -2.45. The van der Waals surface area contributed by atoms with Crippen LogP contribution in [0, 0.1) is 23.4 Å². The number of rotatable bonds is 4. The first-order chi connectivity index (χ1) is 9.66. The van der Waals surface area contributed by atoms with E-state index in [1.807, 2.05) is 0 Å². The van der Waals surface area contributed by atoms with Crippen LogP contribution in [-0.4, -0.2) is 31.1 Å². The molecule has 1 aliphatic heterocycles. The van der Waals surface area contributed by atoms with Gasteiger partial charge in [-0.15, -0.1) is 24.8 Å². The molecule has 3 rings (SSSR count). The fourth-order valence-electron chi connectivity index (χ4n) is 2.96. The first kappa shape index (κ1) is 19.6. The van der Waals surface area contributed by atoms with Gasteiger partial charge in [0.25, 0.3) is 0 Å². The van der Waals surface area contributed by atoms with Crippen LogP contribution in [0.5, 0.6) is 0 Å². The summed E-state index contributed by atoms with van der Waals surface area (Å²) >= 11 is 0. The highest BCUT2D eigenvalue weighted by molar-refractivity contribution is 5.85. The van der Waals surface area contributed by atoms with E-state index < -0.39 is 17.5 Å². The molecule has 1 saturated heterocycles. The molecular formula is C15H21Cl2F3N2. The van der Waals surface area contributed by atoms with Crippen molar-refractivity contribution >= 4 is 24.8 Å². The molecule has 0 bridgehead atoms. The molecule has 0 amide bonds. The Bertz CT molecular complexity index is 492. The number of hydrogen-bond acceptors (Lipinski definition) is 2. The molecule has 0 aromatic heterocycles. The van der Waals surface area contributed by atoms with Crippen molar-refractivity contribution in [3.05, 3.63) is 35.1 Å². The van der Waals surface area contributed by atoms with Crippen LogP contribution < -0.4 is 5.32 Å². The molecule has 1 heterocycles. The van der Waals surface area contributed by atoms with Crippen molar-refractivity contribution in [1.82, 2.24) is 10.2 Å². The SMILES string of the molecule is Cl.Cl.Fc1ccc(F)c([C@H](CC2CC2)N2CCNCC2)c1F. The lowest BCUT2D eigenvalue weighted by atomic mass is 9.97. The molecule has 2 aliphatic rings. The summed E-state index contributed by atoms with van der Waals surface area (Å²) in [5.74, 6) is -2.09. The van der Waals surface area contributed by atoms with E-state index in [4.69, 9.17) is 0 Å². The summed E-state index contributed by atoms with van der Waals surface area (Å²) in [6.07, 6.45) is 2.94. The van der Waals surface area contributed by atoms with Crippen molar-refractivity contribution in [2.45, 2.75) is 25.3 Å². The number of piperazine rings is 1. The highest BCUT2D eigenvalue weighted by Crippen LogP contribution is 2.41. The molecule has 2 fully saturated rings. The Labute approximate surface area is 141 Å². The van der Waals surface area contributed by atoms with Gasteiger partial charge in [0.05, 0.1) is 0 Å². The molecule has 2 nitrogen and oxygen atoms in total. The van der Waals surface area contributed by atoms with Crippen LogP contribution in [0.15, 0.2) is 12.1 Å². The Hall–Kier alpha value is -0.490. The number of hydrogen-bond donors (Lipinski definition) is 1. The third-order valence-electron chi connectivity index (χ3n) is 4.26. The molecule has 1 atom stereocenters. The molecule has 1 aromatic carbocycles. The molecule has 1 aromatic rings. The van der Waals surface area contributed by atoms with Crippen molar-refractivity contribution < 1.29 is 13.2 Å². The van der Waals surface area contributed by atoms with Gasteiger partial charge in [0.15, 0.2) is 11.6 Å². The molecule has 22 heavy (non-hydrogen) atoms. The Balaban J connectivity index is 0.00000121. The maximum atomic E-state index is 14.1. The van der Waals surface area contributed by atoms with Crippen molar-refractivity contribution in [1.29, 1.82) is 0 Å². The lowest BCUT2D eigenvalue weighted by molar-refractivity contribution is 0.153. The average molecular weight is 357 g/mol. The molecule has 0 radical (unpaired) electrons. The minimum atomic E-state index is -1.02. The Kier molecular flexibility index (Phi) is 7.46. The van der Waals surface area contributed by atoms with Crippen LogP contribution in [0.4, 0.5) is 13.2 Å². The predicted molar refractivity (Wildman–Crippen MR) is 85.3 cm³/mol. The zero-order valence-corrected chi connectivity index (χ0v) is 13.8. The second-order valence-corrected chi connectivity index (χ2v) is 5.74. The van der Waals surface area contributed by atoms with Crippen molar-refractivity contribution in [3.63, 3.8) is 0 Å². The topological polar surface area (TPSA) is 15.3 Å². The van der Waals surface area contributed by atoms with Gasteiger partial charge >= 0.3 is 0 Å². The van der Waals surface area contributed by atoms with E-state index in [2.05, 4.69) is 10.2 Å². The normalized spacial score (nSPS) is 20.0. The zero-order valence-electron chi connectivity index (χ0n) is 12.2. The summed E-state index contributed by atoms with van der Waals surface area (Å²) in [5.41, 5.74) is -0.0844. The Morgan fingerprint density at radius 1 is 1.05 bits per heavy atom. The first-order valence-corrected chi connectivity index (χ1v) is 7.25. The number of benzene rings is 1. The van der Waals surface area contributed by atoms with E-state index in [1.54, 1.807) is 0 Å². The summed E-state index contributed by atoms with van der Waals surface area (Å²) in [5, 5.41) is 3.23. The summed E-state index contributed by atoms with van der Waals surface area (Å²) in [6, 6.07) is 1.55. The van der Waals surface area contributed by atoms with E-state index >= 15 is 0 Å². The van der Waals surface area contributed by atoms with Gasteiger partial charge in [-0.25, -0.2) is 13.2 Å². The lowest BCUT2D eigenvalue weighted by Gasteiger charge is -2.35. The largest absolute Gasteiger partial charge is 0.314 e. The summed E-state index contributed by atoms with van der Waals surface area (Å²) < 4.78 is 41.6. The van der Waals surface area contributed by atoms with Gasteiger partial charge in [-0.1, -0.05) is 12.8 Å². The molecule has 1 saturated carbocycles. The van der Waals surface area contributed by atoms with Crippen molar-refractivity contribution in [2.75, 3.05) is 26.2 Å². The Morgan fingerprint density at radius 2 is 1.64 bits per heavy atom. The first-order valence-electron chi connectivity index (χ1n) is 7.25. The highest BCUT2D eigenvalue weighted by atomic mass is 35.5. The minimum absolute atomic E-state index is 0. The molecule has 0 unspecified atom stereocenters. The second-order valence-electron chi connectivity index (χ2n) is 5.74. The summed E-state index contributed by atoms with van der Waals surface area (Å²) in [4.78, 5) is 2.08. The number of halogens is 5. The monoisotopic (exact) mass is 356 g/mol. The molecule has 1 aliphatic carbocycles. The van der Waals surface area contributed by atoms with Gasteiger partial charge in [-0.2, -0.15) is 0 Å². The summed E-state index contributed by atoms with van der Waals surface area (Å²) in [7, 11) is 0. The van der Waals surface area contributed by atoms with Crippen molar-refractivity contribution in [3.8, 4) is 0 Å². The van der Waals surface area contributed by atoms with Crippen LogP contribution in [-0.2, 0) is 0 Å². The predicted octanol–water partition coefficient (Wildman–Crippen LogP) is 3.69. The van der Waals surface area contributed by atoms with Gasteiger partial charge in [-0.05, 0) is 24.5 Å². The van der Waals surface area contributed by atoms with Gasteiger partial charge < -0.3 is 5.32 Å². The van der Waals surface area contributed by atoms with Crippen LogP contribution in [0.2, 0.25) is 0 Å². The van der Waals surface area contributed by atoms with E-state index in [-0.39, 0.29) is 36.4 Å². The fraction of sp³-hybridized carbons (Fsp3) is 0.600. The highest BCUT2D eigenvalue weighted by Gasteiger charge is 2.34. The Morgan fingerprint density at radius 3 is 2.23 bits per heavy atom. The maximum absolute atomic E-state index is 14.1. The average Bonchev–Trinajstić information content (AvgIpc) is 3.27. The van der Waals surface area contributed by atoms with Gasteiger partial charge in [0.2, 0.25) is 0 Å². The van der Waals surface area contributed by atoms with Gasteiger partial charge in [-0.3, -0.25) is 4.90 Å². The maximum Gasteiger partial charge on any atom is 0.166 e. The molecule has 0 spiro atoms. The smallest absolute Gasteiger partial charge is 0.166 e. The third-order valence-corrected chi connectivity index (χ3v) is 4.26. The number of nitrogens with zero attached hydrogens (tertiary/aromatic N) is 1. The molecule has 1 N–H and O–H groups in total. The molecular weight excluding hydrogens is 336 g/mol. The van der Waals surface area contributed by atoms with Crippen LogP contribution in [0.1, 0.15) is 30.9 Å². The third kappa shape index (κ3) is 4.28. The van der Waals surface area contributed by atoms with Crippen molar-refractivity contribution in [2.24, 2.45) is 5.92 Å².